The maximum atomic E-state index is 15.1. The van der Waals surface area contributed by atoms with Crippen LogP contribution in [0.1, 0.15) is 50.8 Å². The molecule has 0 aromatic heterocycles. The number of nitrogens with one attached hydrogen (secondary N) is 1. The number of amides is 2. The van der Waals surface area contributed by atoms with Gasteiger partial charge in [0, 0.05) is 37.2 Å². The number of rotatable bonds is 9. The van der Waals surface area contributed by atoms with E-state index in [4.69, 9.17) is 14.2 Å². The largest absolute Gasteiger partial charge is 0.485 e. The molecule has 1 heterocycles. The molecule has 0 aliphatic carbocycles. The van der Waals surface area contributed by atoms with Crippen LogP contribution >= 0.6 is 0 Å². The number of carbonyl (C=O) groups is 2. The summed E-state index contributed by atoms with van der Waals surface area (Å²) < 4.78 is 51.7. The molecule has 38 heavy (non-hydrogen) atoms. The predicted molar refractivity (Wildman–Crippen MR) is 137 cm³/mol. The number of hydrogen-bond acceptors (Lipinski definition) is 6. The molecule has 10 heteroatoms. The minimum absolute atomic E-state index is 0.0406. The lowest BCUT2D eigenvalue weighted by molar-refractivity contribution is -0.0259. The molecular formula is C28H36F2N2O6. The van der Waals surface area contributed by atoms with Gasteiger partial charge in [-0.3, -0.25) is 0 Å². The van der Waals surface area contributed by atoms with Gasteiger partial charge in [-0.1, -0.05) is 30.3 Å². The van der Waals surface area contributed by atoms with Crippen molar-refractivity contribution in [3.05, 3.63) is 65.2 Å². The van der Waals surface area contributed by atoms with Crippen LogP contribution in [0.25, 0.3) is 0 Å². The zero-order valence-electron chi connectivity index (χ0n) is 22.3. The van der Waals surface area contributed by atoms with Gasteiger partial charge in [-0.15, -0.1) is 0 Å². The molecule has 0 bridgehead atoms. The van der Waals surface area contributed by atoms with E-state index in [2.05, 4.69) is 10.1 Å². The molecule has 1 aliphatic rings. The maximum Gasteiger partial charge on any atom is 0.410 e. The van der Waals surface area contributed by atoms with Gasteiger partial charge in [0.1, 0.15) is 18.0 Å². The molecule has 1 aliphatic heterocycles. The third-order valence-corrected chi connectivity index (χ3v) is 5.96. The quantitative estimate of drug-likeness (QED) is 0.421. The summed E-state index contributed by atoms with van der Waals surface area (Å²) in [6.45, 7) is 6.36. The van der Waals surface area contributed by atoms with Gasteiger partial charge in [0.15, 0.2) is 11.6 Å². The zero-order chi connectivity index (χ0) is 27.7. The molecule has 2 aromatic carbocycles. The number of ether oxygens (including phenoxy) is 4. The molecular weight excluding hydrogens is 498 g/mol. The Morgan fingerprint density at radius 2 is 1.89 bits per heavy atom. The maximum absolute atomic E-state index is 15.1. The number of likely N-dealkylation sites (tertiary alicyclic amines) is 1. The van der Waals surface area contributed by atoms with Gasteiger partial charge in [-0.2, -0.15) is 0 Å². The highest BCUT2D eigenvalue weighted by molar-refractivity contribution is 5.68. The van der Waals surface area contributed by atoms with Gasteiger partial charge in [-0.25, -0.2) is 18.4 Å². The first-order valence-corrected chi connectivity index (χ1v) is 12.6. The van der Waals surface area contributed by atoms with Crippen LogP contribution in [0.5, 0.6) is 5.75 Å². The van der Waals surface area contributed by atoms with Crippen LogP contribution in [-0.2, 0) is 20.8 Å². The summed E-state index contributed by atoms with van der Waals surface area (Å²) in [5, 5.41) is 2.53. The Balaban J connectivity index is 1.88. The minimum atomic E-state index is -0.850. The summed E-state index contributed by atoms with van der Waals surface area (Å²) >= 11 is 0. The smallest absolute Gasteiger partial charge is 0.410 e. The summed E-state index contributed by atoms with van der Waals surface area (Å²) in [5.41, 5.74) is 0.354. The molecule has 0 radical (unpaired) electrons. The molecule has 2 atom stereocenters. The number of piperidine rings is 1. The Labute approximate surface area is 222 Å². The van der Waals surface area contributed by atoms with Gasteiger partial charge >= 0.3 is 12.2 Å². The van der Waals surface area contributed by atoms with E-state index >= 15 is 4.39 Å². The first kappa shape index (κ1) is 29.2. The summed E-state index contributed by atoms with van der Waals surface area (Å²) in [4.78, 5) is 25.8. The fourth-order valence-electron chi connectivity index (χ4n) is 4.31. The summed E-state index contributed by atoms with van der Waals surface area (Å²) in [5.74, 6) is -2.05. The Kier molecular flexibility index (Phi) is 10.3. The second-order valence-electron chi connectivity index (χ2n) is 10.1. The lowest BCUT2D eigenvalue weighted by atomic mass is 9.87. The van der Waals surface area contributed by atoms with Gasteiger partial charge in [-0.05, 0) is 45.2 Å². The number of carbonyl (C=O) groups excluding carboxylic acids is 2. The van der Waals surface area contributed by atoms with Gasteiger partial charge in [0.2, 0.25) is 0 Å². The normalized spacial score (nSPS) is 16.5. The lowest BCUT2D eigenvalue weighted by Crippen LogP contribution is -2.44. The van der Waals surface area contributed by atoms with Gasteiger partial charge in [0.05, 0.1) is 19.8 Å². The van der Waals surface area contributed by atoms with Gasteiger partial charge < -0.3 is 29.2 Å². The van der Waals surface area contributed by atoms with Crippen molar-refractivity contribution in [3.8, 4) is 5.75 Å². The van der Waals surface area contributed by atoms with Crippen LogP contribution in [-0.4, -0.2) is 56.0 Å². The summed E-state index contributed by atoms with van der Waals surface area (Å²) in [6.07, 6.45) is -0.607. The number of nitrogens with zero attached hydrogens (tertiary/aromatic N) is 1. The predicted octanol–water partition coefficient (Wildman–Crippen LogP) is 5.60. The van der Waals surface area contributed by atoms with Crippen LogP contribution in [0.3, 0.4) is 0 Å². The third-order valence-electron chi connectivity index (χ3n) is 5.96. The molecule has 3 rings (SSSR count). The Morgan fingerprint density at radius 1 is 1.16 bits per heavy atom. The Morgan fingerprint density at radius 3 is 2.58 bits per heavy atom. The highest BCUT2D eigenvalue weighted by Crippen LogP contribution is 2.39. The Hall–Kier alpha value is -3.40. The van der Waals surface area contributed by atoms with Crippen LogP contribution in [0.4, 0.5) is 18.4 Å². The molecule has 8 nitrogen and oxygen atoms in total. The lowest BCUT2D eigenvalue weighted by Gasteiger charge is -2.38. The van der Waals surface area contributed by atoms with Crippen molar-refractivity contribution < 1.29 is 37.3 Å². The van der Waals surface area contributed by atoms with Crippen LogP contribution in [0.15, 0.2) is 42.5 Å². The number of halogens is 2. The average molecular weight is 535 g/mol. The standard InChI is InChI=1S/C28H36F2N2O6/c1-28(2,3)38-27(34)32-13-8-11-20(17-32)24(36-14-12-31-26(33)35-4)22-15-21(29)16-23(30)25(22)37-18-19-9-6-5-7-10-19/h5-7,9-10,15-16,20,24H,8,11-14,17-18H2,1-4H3,(H,31,33)/t20?,24-/m1/s1. The molecule has 1 N–H and O–H groups in total. The van der Waals surface area contributed by atoms with Crippen molar-refractivity contribution in [2.24, 2.45) is 5.92 Å². The molecule has 208 valence electrons. The van der Waals surface area contributed by atoms with E-state index in [0.29, 0.717) is 19.4 Å². The molecule has 1 fully saturated rings. The highest BCUT2D eigenvalue weighted by Gasteiger charge is 2.35. The van der Waals surface area contributed by atoms with Gasteiger partial charge in [0.25, 0.3) is 0 Å². The topological polar surface area (TPSA) is 86.3 Å². The van der Waals surface area contributed by atoms with Crippen molar-refractivity contribution in [1.29, 1.82) is 0 Å². The molecule has 1 saturated heterocycles. The van der Waals surface area contributed by atoms with Crippen molar-refractivity contribution in [2.45, 2.75) is 51.9 Å². The first-order chi connectivity index (χ1) is 18.1. The second kappa shape index (κ2) is 13.4. The average Bonchev–Trinajstić information content (AvgIpc) is 2.87. The van der Waals surface area contributed by atoms with Crippen LogP contribution in [0, 0.1) is 17.6 Å². The summed E-state index contributed by atoms with van der Waals surface area (Å²) in [7, 11) is 1.25. The van der Waals surface area contributed by atoms with E-state index < -0.39 is 35.5 Å². The first-order valence-electron chi connectivity index (χ1n) is 12.6. The SMILES string of the molecule is COC(=O)NCCO[C@@H](c1cc(F)cc(F)c1OCc1ccccc1)C1CCCN(C(=O)OC(C)(C)C)C1. The highest BCUT2D eigenvalue weighted by atomic mass is 19.1. The third kappa shape index (κ3) is 8.58. The summed E-state index contributed by atoms with van der Waals surface area (Å²) in [6, 6.07) is 11.2. The van der Waals surface area contributed by atoms with Crippen molar-refractivity contribution >= 4 is 12.2 Å². The fraction of sp³-hybridized carbons (Fsp3) is 0.500. The Bertz CT molecular complexity index is 1080. The van der Waals surface area contributed by atoms with Crippen LogP contribution < -0.4 is 10.1 Å². The number of hydrogen-bond donors (Lipinski definition) is 1. The molecule has 1 unspecified atom stereocenters. The second-order valence-corrected chi connectivity index (χ2v) is 10.1. The van der Waals surface area contributed by atoms with E-state index in [1.807, 2.05) is 30.3 Å². The zero-order valence-corrected chi connectivity index (χ0v) is 22.3. The van der Waals surface area contributed by atoms with Crippen molar-refractivity contribution in [2.75, 3.05) is 33.4 Å². The van der Waals surface area contributed by atoms with E-state index in [9.17, 15) is 14.0 Å². The number of methoxy groups -OCH3 is 1. The van der Waals surface area contributed by atoms with Crippen molar-refractivity contribution in [1.82, 2.24) is 10.2 Å². The van der Waals surface area contributed by atoms with E-state index in [1.54, 1.807) is 25.7 Å². The fourth-order valence-corrected chi connectivity index (χ4v) is 4.31. The van der Waals surface area contributed by atoms with Crippen LogP contribution in [0.2, 0.25) is 0 Å². The van der Waals surface area contributed by atoms with E-state index in [-0.39, 0.29) is 43.5 Å². The van der Waals surface area contributed by atoms with E-state index in [1.165, 1.54) is 13.2 Å². The monoisotopic (exact) mass is 534 g/mol. The molecule has 2 aromatic rings. The molecule has 2 amide bonds. The molecule has 0 spiro atoms. The molecule has 0 saturated carbocycles. The van der Waals surface area contributed by atoms with Crippen molar-refractivity contribution in [3.63, 3.8) is 0 Å². The minimum Gasteiger partial charge on any atom is -0.485 e. The van der Waals surface area contributed by atoms with E-state index in [0.717, 1.165) is 11.6 Å². The number of benzene rings is 2. The number of alkyl carbamates (subject to hydrolysis) is 1.